The van der Waals surface area contributed by atoms with Gasteiger partial charge in [0.2, 0.25) is 0 Å². The zero-order valence-electron chi connectivity index (χ0n) is 13.4. The number of aliphatic hydroxyl groups excluding tert-OH is 1. The number of benzene rings is 2. The van der Waals surface area contributed by atoms with Crippen molar-refractivity contribution in [3.8, 4) is 11.3 Å². The number of nitrogens with zero attached hydrogens (tertiary/aromatic N) is 2. The van der Waals surface area contributed by atoms with Crippen LogP contribution in [0.15, 0.2) is 60.8 Å². The highest BCUT2D eigenvalue weighted by atomic mass is 16.3. The minimum atomic E-state index is -0.197. The number of aliphatic hydroxyl groups is 1. The Morgan fingerprint density at radius 3 is 2.50 bits per heavy atom. The normalized spacial score (nSPS) is 10.6. The van der Waals surface area contributed by atoms with E-state index in [1.54, 1.807) is 17.9 Å². The standard InChI is InChI=1S/C19H19N3O2/c1-22-13-17(18(21-22)15-5-3-2-4-6-15)19(24)20-16-9-7-14(8-10-16)11-12-23/h2-10,13,23H,11-12H2,1H3,(H,20,24). The number of hydrogen-bond donors (Lipinski definition) is 2. The summed E-state index contributed by atoms with van der Waals surface area (Å²) in [5.74, 6) is -0.197. The van der Waals surface area contributed by atoms with Gasteiger partial charge in [0, 0.05) is 31.1 Å². The van der Waals surface area contributed by atoms with Gasteiger partial charge < -0.3 is 10.4 Å². The third kappa shape index (κ3) is 3.52. The molecule has 0 fully saturated rings. The predicted octanol–water partition coefficient (Wildman–Crippen LogP) is 2.87. The molecule has 0 aliphatic rings. The Morgan fingerprint density at radius 1 is 1.12 bits per heavy atom. The van der Waals surface area contributed by atoms with Crippen LogP contribution >= 0.6 is 0 Å². The van der Waals surface area contributed by atoms with Crippen LogP contribution in [-0.2, 0) is 13.5 Å². The maximum absolute atomic E-state index is 12.6. The molecule has 0 spiro atoms. The van der Waals surface area contributed by atoms with Crippen molar-refractivity contribution in [1.29, 1.82) is 0 Å². The number of nitrogens with one attached hydrogen (secondary N) is 1. The summed E-state index contributed by atoms with van der Waals surface area (Å²) in [7, 11) is 1.80. The molecule has 0 saturated heterocycles. The average Bonchev–Trinajstić information content (AvgIpc) is 3.00. The van der Waals surface area contributed by atoms with Crippen molar-refractivity contribution in [3.63, 3.8) is 0 Å². The first-order valence-corrected chi connectivity index (χ1v) is 7.77. The van der Waals surface area contributed by atoms with E-state index in [0.29, 0.717) is 23.4 Å². The summed E-state index contributed by atoms with van der Waals surface area (Å²) in [6, 6.07) is 17.1. The molecule has 122 valence electrons. The molecule has 0 unspecified atom stereocenters. The molecule has 0 aliphatic heterocycles. The van der Waals surface area contributed by atoms with Gasteiger partial charge in [-0.3, -0.25) is 9.48 Å². The Bertz CT molecular complexity index is 824. The van der Waals surface area contributed by atoms with Gasteiger partial charge in [0.25, 0.3) is 5.91 Å². The third-order valence-corrected chi connectivity index (χ3v) is 3.73. The summed E-state index contributed by atoms with van der Waals surface area (Å²) in [5, 5.41) is 16.3. The number of aromatic nitrogens is 2. The number of anilines is 1. The highest BCUT2D eigenvalue weighted by molar-refractivity contribution is 6.08. The third-order valence-electron chi connectivity index (χ3n) is 3.73. The van der Waals surface area contributed by atoms with E-state index in [2.05, 4.69) is 10.4 Å². The summed E-state index contributed by atoms with van der Waals surface area (Å²) in [6.45, 7) is 0.113. The number of carbonyl (C=O) groups is 1. The molecule has 1 aromatic heterocycles. The van der Waals surface area contributed by atoms with Gasteiger partial charge in [0.05, 0.1) is 5.56 Å². The SMILES string of the molecule is Cn1cc(C(=O)Nc2ccc(CCO)cc2)c(-c2ccccc2)n1. The van der Waals surface area contributed by atoms with Crippen molar-refractivity contribution >= 4 is 11.6 Å². The molecule has 0 saturated carbocycles. The number of aryl methyl sites for hydroxylation is 1. The van der Waals surface area contributed by atoms with Crippen LogP contribution in [0, 0.1) is 0 Å². The number of rotatable bonds is 5. The first-order valence-electron chi connectivity index (χ1n) is 7.77. The number of carbonyl (C=O) groups excluding carboxylic acids is 1. The highest BCUT2D eigenvalue weighted by Crippen LogP contribution is 2.22. The van der Waals surface area contributed by atoms with Gasteiger partial charge >= 0.3 is 0 Å². The second-order valence-corrected chi connectivity index (χ2v) is 5.56. The van der Waals surface area contributed by atoms with Gasteiger partial charge in [-0.15, -0.1) is 0 Å². The predicted molar refractivity (Wildman–Crippen MR) is 93.8 cm³/mol. The Balaban J connectivity index is 1.83. The van der Waals surface area contributed by atoms with Crippen molar-refractivity contribution in [1.82, 2.24) is 9.78 Å². The number of hydrogen-bond acceptors (Lipinski definition) is 3. The fourth-order valence-corrected chi connectivity index (χ4v) is 2.55. The number of amides is 1. The molecule has 1 heterocycles. The van der Waals surface area contributed by atoms with E-state index in [0.717, 1.165) is 11.1 Å². The van der Waals surface area contributed by atoms with E-state index >= 15 is 0 Å². The van der Waals surface area contributed by atoms with Gasteiger partial charge in [-0.2, -0.15) is 5.10 Å². The van der Waals surface area contributed by atoms with E-state index in [-0.39, 0.29) is 12.5 Å². The quantitative estimate of drug-likeness (QED) is 0.759. The molecule has 0 radical (unpaired) electrons. The first kappa shape index (κ1) is 16.0. The lowest BCUT2D eigenvalue weighted by molar-refractivity contribution is 0.102. The lowest BCUT2D eigenvalue weighted by atomic mass is 10.1. The van der Waals surface area contributed by atoms with Crippen LogP contribution in [0.2, 0.25) is 0 Å². The van der Waals surface area contributed by atoms with Crippen LogP contribution in [0.4, 0.5) is 5.69 Å². The molecule has 2 N–H and O–H groups in total. The van der Waals surface area contributed by atoms with Crippen LogP contribution in [0.25, 0.3) is 11.3 Å². The van der Waals surface area contributed by atoms with E-state index in [4.69, 9.17) is 5.11 Å². The molecule has 0 bridgehead atoms. The molecule has 2 aromatic carbocycles. The van der Waals surface area contributed by atoms with Gasteiger partial charge in [-0.25, -0.2) is 0 Å². The lowest BCUT2D eigenvalue weighted by Crippen LogP contribution is -2.12. The topological polar surface area (TPSA) is 67.2 Å². The minimum absolute atomic E-state index is 0.113. The van der Waals surface area contributed by atoms with Crippen molar-refractivity contribution in [2.75, 3.05) is 11.9 Å². The summed E-state index contributed by atoms with van der Waals surface area (Å²) in [4.78, 5) is 12.6. The maximum atomic E-state index is 12.6. The van der Waals surface area contributed by atoms with E-state index in [1.807, 2.05) is 54.6 Å². The molecule has 5 nitrogen and oxygen atoms in total. The minimum Gasteiger partial charge on any atom is -0.396 e. The maximum Gasteiger partial charge on any atom is 0.259 e. The van der Waals surface area contributed by atoms with Crippen molar-refractivity contribution in [2.24, 2.45) is 7.05 Å². The molecule has 1 amide bonds. The van der Waals surface area contributed by atoms with Crippen LogP contribution in [-0.4, -0.2) is 27.4 Å². The van der Waals surface area contributed by atoms with Crippen molar-refractivity contribution in [2.45, 2.75) is 6.42 Å². The Hall–Kier alpha value is -2.92. The molecule has 0 atom stereocenters. The Labute approximate surface area is 140 Å². The first-order chi connectivity index (χ1) is 11.7. The van der Waals surface area contributed by atoms with E-state index < -0.39 is 0 Å². The second kappa shape index (κ2) is 7.10. The van der Waals surface area contributed by atoms with Crippen LogP contribution in [0.5, 0.6) is 0 Å². The molecule has 24 heavy (non-hydrogen) atoms. The molecule has 3 rings (SSSR count). The molecule has 5 heteroatoms. The average molecular weight is 321 g/mol. The molecular formula is C19H19N3O2. The van der Waals surface area contributed by atoms with Gasteiger partial charge in [-0.05, 0) is 24.1 Å². The highest BCUT2D eigenvalue weighted by Gasteiger charge is 2.17. The summed E-state index contributed by atoms with van der Waals surface area (Å²) in [5.41, 5.74) is 3.84. The Morgan fingerprint density at radius 2 is 1.83 bits per heavy atom. The molecule has 3 aromatic rings. The monoisotopic (exact) mass is 321 g/mol. The van der Waals surface area contributed by atoms with Gasteiger partial charge in [0.1, 0.15) is 5.69 Å². The summed E-state index contributed by atoms with van der Waals surface area (Å²) < 4.78 is 1.64. The summed E-state index contributed by atoms with van der Waals surface area (Å²) in [6.07, 6.45) is 2.33. The van der Waals surface area contributed by atoms with Crippen molar-refractivity contribution < 1.29 is 9.90 Å². The van der Waals surface area contributed by atoms with Crippen LogP contribution in [0.1, 0.15) is 15.9 Å². The van der Waals surface area contributed by atoms with Gasteiger partial charge in [-0.1, -0.05) is 42.5 Å². The van der Waals surface area contributed by atoms with Crippen molar-refractivity contribution in [3.05, 3.63) is 71.9 Å². The zero-order chi connectivity index (χ0) is 16.9. The fourth-order valence-electron chi connectivity index (χ4n) is 2.55. The fraction of sp³-hybridized carbons (Fsp3) is 0.158. The lowest BCUT2D eigenvalue weighted by Gasteiger charge is -2.06. The second-order valence-electron chi connectivity index (χ2n) is 5.56. The summed E-state index contributed by atoms with van der Waals surface area (Å²) >= 11 is 0. The largest absolute Gasteiger partial charge is 0.396 e. The van der Waals surface area contributed by atoms with Crippen LogP contribution in [0.3, 0.4) is 0 Å². The van der Waals surface area contributed by atoms with E-state index in [1.165, 1.54) is 0 Å². The molecule has 0 aliphatic carbocycles. The molecular weight excluding hydrogens is 302 g/mol. The zero-order valence-corrected chi connectivity index (χ0v) is 13.4. The van der Waals surface area contributed by atoms with Crippen LogP contribution < -0.4 is 5.32 Å². The van der Waals surface area contributed by atoms with E-state index in [9.17, 15) is 4.79 Å². The smallest absolute Gasteiger partial charge is 0.259 e. The Kier molecular flexibility index (Phi) is 4.72. The van der Waals surface area contributed by atoms with Gasteiger partial charge in [0.15, 0.2) is 0 Å².